The Kier molecular flexibility index (Phi) is 15.5. The third-order valence-electron chi connectivity index (χ3n) is 6.69. The number of unbranched alkanes of at least 4 members (excludes halogenated alkanes) is 4. The van der Waals surface area contributed by atoms with E-state index in [-0.39, 0.29) is 34.8 Å². The summed E-state index contributed by atoms with van der Waals surface area (Å²) in [6.07, 6.45) is 5.80. The molecule has 11 nitrogen and oxygen atoms in total. The molecule has 0 fully saturated rings. The van der Waals surface area contributed by atoms with Crippen LogP contribution in [0.5, 0.6) is 23.0 Å². The van der Waals surface area contributed by atoms with Gasteiger partial charge in [0.15, 0.2) is 0 Å². The van der Waals surface area contributed by atoms with Gasteiger partial charge >= 0.3 is 23.9 Å². The zero-order valence-corrected chi connectivity index (χ0v) is 26.7. The third kappa shape index (κ3) is 12.6. The molecule has 0 aliphatic rings. The molecule has 0 aliphatic carbocycles. The molecule has 0 N–H and O–H groups in total. The molecule has 47 heavy (non-hydrogen) atoms. The molecule has 0 spiro atoms. The van der Waals surface area contributed by atoms with Crippen LogP contribution < -0.4 is 18.9 Å². The number of hydrogen-bond acceptors (Lipinski definition) is 11. The van der Waals surface area contributed by atoms with Crippen LogP contribution in [-0.2, 0) is 19.0 Å². The number of esters is 4. The predicted molar refractivity (Wildman–Crippen MR) is 172 cm³/mol. The molecule has 0 unspecified atom stereocenters. The number of benzene rings is 3. The highest BCUT2D eigenvalue weighted by Crippen LogP contribution is 2.27. The van der Waals surface area contributed by atoms with Crippen molar-refractivity contribution in [2.75, 3.05) is 40.6 Å². The van der Waals surface area contributed by atoms with E-state index in [0.29, 0.717) is 44.2 Å². The Morgan fingerprint density at radius 1 is 0.596 bits per heavy atom. The van der Waals surface area contributed by atoms with Gasteiger partial charge < -0.3 is 33.2 Å². The fourth-order valence-electron chi connectivity index (χ4n) is 4.13. The maximum Gasteiger partial charge on any atom is 0.343 e. The molecule has 3 rings (SSSR count). The van der Waals surface area contributed by atoms with Crippen molar-refractivity contribution in [3.05, 3.63) is 96.1 Å². The van der Waals surface area contributed by atoms with Crippen LogP contribution in [0.25, 0.3) is 0 Å². The standard InChI is InChI=1S/C36H40O11/c1-4-33(37)44-23-8-6-5-7-22-43-29-17-13-27(14-18-29)35(39)47-32-20-19-30(25-31(32)36(40)45-24-10-9-21-41-2)46-34(38)26-11-15-28(42-3)16-12-26/h4,11-20,25H,1,5-10,21-24H2,2-3H3. The molecule has 0 aliphatic heterocycles. The number of ether oxygens (including phenoxy) is 7. The van der Waals surface area contributed by atoms with Crippen molar-refractivity contribution in [1.82, 2.24) is 0 Å². The van der Waals surface area contributed by atoms with Gasteiger partial charge in [0.05, 0.1) is 38.1 Å². The summed E-state index contributed by atoms with van der Waals surface area (Å²) in [4.78, 5) is 49.8. The lowest BCUT2D eigenvalue weighted by molar-refractivity contribution is -0.137. The highest BCUT2D eigenvalue weighted by molar-refractivity contribution is 5.97. The Balaban J connectivity index is 1.60. The number of carbonyl (C=O) groups excluding carboxylic acids is 4. The van der Waals surface area contributed by atoms with Crippen LogP contribution in [0.2, 0.25) is 0 Å². The van der Waals surface area contributed by atoms with Crippen molar-refractivity contribution in [2.24, 2.45) is 0 Å². The summed E-state index contributed by atoms with van der Waals surface area (Å²) in [5.41, 5.74) is 0.434. The summed E-state index contributed by atoms with van der Waals surface area (Å²) in [6, 6.07) is 16.9. The van der Waals surface area contributed by atoms with Crippen molar-refractivity contribution >= 4 is 23.9 Å². The second-order valence-electron chi connectivity index (χ2n) is 10.2. The molecular weight excluding hydrogens is 608 g/mol. The van der Waals surface area contributed by atoms with E-state index in [1.165, 1.54) is 25.3 Å². The molecule has 0 bridgehead atoms. The zero-order valence-electron chi connectivity index (χ0n) is 26.7. The smallest absolute Gasteiger partial charge is 0.343 e. The molecule has 0 atom stereocenters. The van der Waals surface area contributed by atoms with E-state index >= 15 is 0 Å². The minimum atomic E-state index is -0.742. The van der Waals surface area contributed by atoms with E-state index in [0.717, 1.165) is 31.8 Å². The van der Waals surface area contributed by atoms with Gasteiger partial charge in [-0.2, -0.15) is 0 Å². The number of hydrogen-bond donors (Lipinski definition) is 0. The Morgan fingerprint density at radius 2 is 1.15 bits per heavy atom. The first-order chi connectivity index (χ1) is 22.8. The molecule has 3 aromatic carbocycles. The molecule has 0 saturated heterocycles. The van der Waals surface area contributed by atoms with E-state index < -0.39 is 23.9 Å². The Labute approximate surface area is 274 Å². The van der Waals surface area contributed by atoms with Crippen molar-refractivity contribution < 1.29 is 52.3 Å². The van der Waals surface area contributed by atoms with Gasteiger partial charge in [0.1, 0.15) is 28.6 Å². The summed E-state index contributed by atoms with van der Waals surface area (Å²) >= 11 is 0. The van der Waals surface area contributed by atoms with Gasteiger partial charge in [-0.25, -0.2) is 19.2 Å². The lowest BCUT2D eigenvalue weighted by atomic mass is 10.1. The van der Waals surface area contributed by atoms with Crippen LogP contribution in [0.3, 0.4) is 0 Å². The average Bonchev–Trinajstić information content (AvgIpc) is 3.09. The van der Waals surface area contributed by atoms with Crippen LogP contribution in [-0.4, -0.2) is 64.5 Å². The van der Waals surface area contributed by atoms with Gasteiger partial charge in [0.2, 0.25) is 0 Å². The summed E-state index contributed by atoms with van der Waals surface area (Å²) in [6.45, 7) is 4.86. The van der Waals surface area contributed by atoms with Gasteiger partial charge in [-0.15, -0.1) is 0 Å². The Bertz CT molecular complexity index is 1460. The first kappa shape index (κ1) is 36.3. The van der Waals surface area contributed by atoms with Gasteiger partial charge in [-0.05, 0) is 105 Å². The number of rotatable bonds is 20. The van der Waals surface area contributed by atoms with Gasteiger partial charge in [0.25, 0.3) is 0 Å². The molecule has 11 heteroatoms. The minimum Gasteiger partial charge on any atom is -0.497 e. The van der Waals surface area contributed by atoms with E-state index in [4.69, 9.17) is 33.2 Å². The van der Waals surface area contributed by atoms with Crippen molar-refractivity contribution in [2.45, 2.75) is 38.5 Å². The van der Waals surface area contributed by atoms with E-state index in [2.05, 4.69) is 6.58 Å². The first-order valence-electron chi connectivity index (χ1n) is 15.2. The Hall–Kier alpha value is -5.16. The van der Waals surface area contributed by atoms with Gasteiger partial charge in [-0.3, -0.25) is 0 Å². The van der Waals surface area contributed by atoms with Crippen molar-refractivity contribution in [1.29, 1.82) is 0 Å². The van der Waals surface area contributed by atoms with Crippen LogP contribution >= 0.6 is 0 Å². The second-order valence-corrected chi connectivity index (χ2v) is 10.2. The summed E-state index contributed by atoms with van der Waals surface area (Å²) in [5, 5.41) is 0. The SMILES string of the molecule is C=CC(=O)OCCCCCCOc1ccc(C(=O)Oc2ccc(OC(=O)c3ccc(OC)cc3)cc2C(=O)OCCCCOC)cc1. The largest absolute Gasteiger partial charge is 0.497 e. The molecule has 0 aromatic heterocycles. The van der Waals surface area contributed by atoms with E-state index in [9.17, 15) is 19.2 Å². The summed E-state index contributed by atoms with van der Waals surface area (Å²) < 4.78 is 37.3. The van der Waals surface area contributed by atoms with E-state index in [1.54, 1.807) is 55.6 Å². The molecular formula is C36H40O11. The topological polar surface area (TPSA) is 133 Å². The summed E-state index contributed by atoms with van der Waals surface area (Å²) in [5.74, 6) is -1.34. The van der Waals surface area contributed by atoms with E-state index in [1.807, 2.05) is 0 Å². The average molecular weight is 649 g/mol. The highest BCUT2D eigenvalue weighted by Gasteiger charge is 2.21. The third-order valence-corrected chi connectivity index (χ3v) is 6.69. The van der Waals surface area contributed by atoms with Crippen LogP contribution in [0, 0.1) is 0 Å². The van der Waals surface area contributed by atoms with Crippen LogP contribution in [0.15, 0.2) is 79.4 Å². The lowest BCUT2D eigenvalue weighted by Gasteiger charge is -2.13. The normalized spacial score (nSPS) is 10.4. The first-order valence-corrected chi connectivity index (χ1v) is 15.2. The maximum atomic E-state index is 13.0. The van der Waals surface area contributed by atoms with Crippen LogP contribution in [0.4, 0.5) is 0 Å². The summed E-state index contributed by atoms with van der Waals surface area (Å²) in [7, 11) is 3.11. The van der Waals surface area contributed by atoms with Gasteiger partial charge in [-0.1, -0.05) is 6.58 Å². The van der Waals surface area contributed by atoms with Crippen molar-refractivity contribution in [3.8, 4) is 23.0 Å². The monoisotopic (exact) mass is 648 g/mol. The second kappa shape index (κ2) is 20.1. The molecule has 0 radical (unpaired) electrons. The van der Waals surface area contributed by atoms with Crippen LogP contribution in [0.1, 0.15) is 69.6 Å². The molecule has 0 saturated carbocycles. The van der Waals surface area contributed by atoms with Gasteiger partial charge in [0, 0.05) is 19.8 Å². The Morgan fingerprint density at radius 3 is 1.79 bits per heavy atom. The fourth-order valence-corrected chi connectivity index (χ4v) is 4.13. The quantitative estimate of drug-likeness (QED) is 0.0584. The number of methoxy groups -OCH3 is 2. The molecule has 3 aromatic rings. The highest BCUT2D eigenvalue weighted by atomic mass is 16.6. The maximum absolute atomic E-state index is 13.0. The molecule has 250 valence electrons. The van der Waals surface area contributed by atoms with Crippen molar-refractivity contribution in [3.63, 3.8) is 0 Å². The fraction of sp³-hybridized carbons (Fsp3) is 0.333. The molecule has 0 amide bonds. The number of carbonyl (C=O) groups is 4. The zero-order chi connectivity index (χ0) is 33.9. The molecule has 0 heterocycles. The lowest BCUT2D eigenvalue weighted by Crippen LogP contribution is -2.15. The minimum absolute atomic E-state index is 0.0549. The predicted octanol–water partition coefficient (Wildman–Crippen LogP) is 6.39.